The van der Waals surface area contributed by atoms with E-state index >= 15 is 0 Å². The minimum atomic E-state index is -3.89. The average Bonchev–Trinajstić information content (AvgIpc) is 2.79. The van der Waals surface area contributed by atoms with E-state index in [0.717, 1.165) is 12.8 Å². The highest BCUT2D eigenvalue weighted by Gasteiger charge is 2.33. The Labute approximate surface area is 187 Å². The first kappa shape index (κ1) is 22.2. The van der Waals surface area contributed by atoms with Crippen LogP contribution in [0.1, 0.15) is 43.0 Å². The SMILES string of the molecule is CCCC1(O)CCN(C(=O)c2ccc(NS(=O)(=O)c3cccc4nccnc34)cc2)CC1. The van der Waals surface area contributed by atoms with Crippen LogP contribution in [0.3, 0.4) is 0 Å². The van der Waals surface area contributed by atoms with Crippen molar-refractivity contribution in [2.45, 2.75) is 43.1 Å². The van der Waals surface area contributed by atoms with Crippen LogP contribution >= 0.6 is 0 Å². The number of nitrogens with one attached hydrogen (secondary N) is 1. The fourth-order valence-electron chi connectivity index (χ4n) is 4.10. The van der Waals surface area contributed by atoms with Gasteiger partial charge in [-0.3, -0.25) is 19.5 Å². The first-order chi connectivity index (χ1) is 15.3. The number of hydrogen-bond donors (Lipinski definition) is 2. The Morgan fingerprint density at radius 3 is 2.47 bits per heavy atom. The number of aliphatic hydroxyl groups is 1. The standard InChI is InChI=1S/C23H26N4O4S/c1-2-10-23(29)11-15-27(16-12-23)22(28)17-6-8-18(9-7-17)26-32(30,31)20-5-3-4-19-21(20)25-14-13-24-19/h3-9,13-14,26,29H,2,10-12,15-16H2,1H3. The molecule has 0 bridgehead atoms. The Balaban J connectivity index is 1.46. The zero-order chi connectivity index (χ0) is 22.8. The van der Waals surface area contributed by atoms with Crippen LogP contribution in [0.15, 0.2) is 59.8 Å². The molecule has 168 valence electrons. The maximum atomic E-state index is 12.9. The number of anilines is 1. The third kappa shape index (κ3) is 4.58. The summed E-state index contributed by atoms with van der Waals surface area (Å²) in [5.41, 5.74) is 0.925. The second-order valence-electron chi connectivity index (χ2n) is 8.13. The molecule has 2 aromatic carbocycles. The lowest BCUT2D eigenvalue weighted by Gasteiger charge is -2.38. The Hall–Kier alpha value is -3.04. The first-order valence-corrected chi connectivity index (χ1v) is 12.1. The molecule has 0 radical (unpaired) electrons. The molecule has 1 saturated heterocycles. The highest BCUT2D eigenvalue weighted by Crippen LogP contribution is 2.28. The van der Waals surface area contributed by atoms with Crippen molar-refractivity contribution in [3.8, 4) is 0 Å². The molecule has 0 unspecified atom stereocenters. The van der Waals surface area contributed by atoms with Crippen LogP contribution in [0.25, 0.3) is 11.0 Å². The molecule has 1 aromatic heterocycles. The Morgan fingerprint density at radius 1 is 1.09 bits per heavy atom. The number of nitrogens with zero attached hydrogens (tertiary/aromatic N) is 3. The lowest BCUT2D eigenvalue weighted by molar-refractivity contribution is -0.0233. The van der Waals surface area contributed by atoms with E-state index in [2.05, 4.69) is 14.7 Å². The van der Waals surface area contributed by atoms with Crippen LogP contribution < -0.4 is 4.72 Å². The number of aromatic nitrogens is 2. The Kier molecular flexibility index (Phi) is 6.12. The summed E-state index contributed by atoms with van der Waals surface area (Å²) in [7, 11) is -3.89. The van der Waals surface area contributed by atoms with Crippen molar-refractivity contribution in [3.63, 3.8) is 0 Å². The normalized spacial score (nSPS) is 16.1. The highest BCUT2D eigenvalue weighted by atomic mass is 32.2. The van der Waals surface area contributed by atoms with Gasteiger partial charge in [-0.15, -0.1) is 0 Å². The van der Waals surface area contributed by atoms with Crippen molar-refractivity contribution in [2.24, 2.45) is 0 Å². The minimum Gasteiger partial charge on any atom is -0.390 e. The van der Waals surface area contributed by atoms with Gasteiger partial charge in [-0.2, -0.15) is 0 Å². The zero-order valence-electron chi connectivity index (χ0n) is 17.9. The van der Waals surface area contributed by atoms with Gasteiger partial charge in [-0.1, -0.05) is 19.4 Å². The quantitative estimate of drug-likeness (QED) is 0.591. The van der Waals surface area contributed by atoms with E-state index in [-0.39, 0.29) is 10.8 Å². The van der Waals surface area contributed by atoms with E-state index in [9.17, 15) is 18.3 Å². The molecule has 0 atom stereocenters. The second-order valence-corrected chi connectivity index (χ2v) is 9.78. The summed E-state index contributed by atoms with van der Waals surface area (Å²) in [6, 6.07) is 11.1. The van der Waals surface area contributed by atoms with Gasteiger partial charge in [0, 0.05) is 36.7 Å². The van der Waals surface area contributed by atoms with Gasteiger partial charge in [0.05, 0.1) is 11.1 Å². The van der Waals surface area contributed by atoms with Crippen LogP contribution in [0.4, 0.5) is 5.69 Å². The number of piperidine rings is 1. The molecule has 9 heteroatoms. The van der Waals surface area contributed by atoms with Gasteiger partial charge in [0.25, 0.3) is 15.9 Å². The molecular weight excluding hydrogens is 428 g/mol. The Bertz CT molecular complexity index is 1210. The number of amides is 1. The number of fused-ring (bicyclic) bond motifs is 1. The average molecular weight is 455 g/mol. The van der Waals surface area contributed by atoms with Crippen molar-refractivity contribution in [1.82, 2.24) is 14.9 Å². The smallest absolute Gasteiger partial charge is 0.264 e. The van der Waals surface area contributed by atoms with Crippen LogP contribution in [0.2, 0.25) is 0 Å². The molecule has 4 rings (SSSR count). The van der Waals surface area contributed by atoms with Gasteiger partial charge in [0.15, 0.2) is 0 Å². The van der Waals surface area contributed by atoms with Gasteiger partial charge in [-0.05, 0) is 55.7 Å². The van der Waals surface area contributed by atoms with Crippen molar-refractivity contribution >= 4 is 32.7 Å². The highest BCUT2D eigenvalue weighted by molar-refractivity contribution is 7.93. The molecule has 3 aromatic rings. The molecule has 1 aliphatic rings. The monoisotopic (exact) mass is 454 g/mol. The molecule has 0 saturated carbocycles. The van der Waals surface area contributed by atoms with Crippen molar-refractivity contribution in [2.75, 3.05) is 17.8 Å². The van der Waals surface area contributed by atoms with E-state index in [0.29, 0.717) is 48.2 Å². The van der Waals surface area contributed by atoms with Gasteiger partial charge in [-0.25, -0.2) is 8.42 Å². The molecule has 0 spiro atoms. The predicted molar refractivity (Wildman–Crippen MR) is 122 cm³/mol. The number of sulfonamides is 1. The van der Waals surface area contributed by atoms with Crippen LogP contribution in [0.5, 0.6) is 0 Å². The second kappa shape index (κ2) is 8.84. The van der Waals surface area contributed by atoms with E-state index in [1.54, 1.807) is 41.3 Å². The predicted octanol–water partition coefficient (Wildman–Crippen LogP) is 3.20. The van der Waals surface area contributed by atoms with E-state index in [1.165, 1.54) is 18.5 Å². The topological polar surface area (TPSA) is 112 Å². The summed E-state index contributed by atoms with van der Waals surface area (Å²) in [6.45, 7) is 3.05. The summed E-state index contributed by atoms with van der Waals surface area (Å²) in [4.78, 5) is 22.9. The number of carbonyl (C=O) groups excluding carboxylic acids is 1. The molecule has 2 N–H and O–H groups in total. The molecule has 0 aliphatic carbocycles. The lowest BCUT2D eigenvalue weighted by atomic mass is 9.87. The number of carbonyl (C=O) groups is 1. The van der Waals surface area contributed by atoms with Crippen molar-refractivity contribution in [1.29, 1.82) is 0 Å². The number of hydrogen-bond acceptors (Lipinski definition) is 6. The lowest BCUT2D eigenvalue weighted by Crippen LogP contribution is -2.46. The number of rotatable bonds is 6. The molecule has 2 heterocycles. The van der Waals surface area contributed by atoms with Gasteiger partial charge in [0.1, 0.15) is 10.4 Å². The largest absolute Gasteiger partial charge is 0.390 e. The van der Waals surface area contributed by atoms with Crippen LogP contribution in [0, 0.1) is 0 Å². The molecule has 1 fully saturated rings. The third-order valence-corrected chi connectivity index (χ3v) is 7.24. The first-order valence-electron chi connectivity index (χ1n) is 10.7. The minimum absolute atomic E-state index is 0.0381. The summed E-state index contributed by atoms with van der Waals surface area (Å²) in [5, 5.41) is 10.5. The zero-order valence-corrected chi connectivity index (χ0v) is 18.7. The van der Waals surface area contributed by atoms with Crippen molar-refractivity contribution < 1.29 is 18.3 Å². The van der Waals surface area contributed by atoms with Gasteiger partial charge < -0.3 is 10.0 Å². The van der Waals surface area contributed by atoms with Crippen LogP contribution in [-0.4, -0.2) is 53.0 Å². The third-order valence-electron chi connectivity index (χ3n) is 5.83. The Morgan fingerprint density at radius 2 is 1.78 bits per heavy atom. The maximum Gasteiger partial charge on any atom is 0.264 e. The molecule has 1 amide bonds. The van der Waals surface area contributed by atoms with Gasteiger partial charge >= 0.3 is 0 Å². The molecular formula is C23H26N4O4S. The molecule has 1 aliphatic heterocycles. The van der Waals surface area contributed by atoms with Crippen molar-refractivity contribution in [3.05, 3.63) is 60.4 Å². The summed E-state index contributed by atoms with van der Waals surface area (Å²) in [6.07, 6.45) is 5.75. The number of para-hydroxylation sites is 1. The number of likely N-dealkylation sites (tertiary alicyclic amines) is 1. The van der Waals surface area contributed by atoms with E-state index in [1.807, 2.05) is 6.92 Å². The number of benzene rings is 2. The summed E-state index contributed by atoms with van der Waals surface area (Å²) >= 11 is 0. The van der Waals surface area contributed by atoms with E-state index in [4.69, 9.17) is 0 Å². The fraction of sp³-hybridized carbons (Fsp3) is 0.348. The fourth-order valence-corrected chi connectivity index (χ4v) is 5.32. The summed E-state index contributed by atoms with van der Waals surface area (Å²) < 4.78 is 28.4. The van der Waals surface area contributed by atoms with E-state index < -0.39 is 15.6 Å². The molecule has 8 nitrogen and oxygen atoms in total. The summed E-state index contributed by atoms with van der Waals surface area (Å²) in [5.74, 6) is -0.123. The van der Waals surface area contributed by atoms with Crippen LogP contribution in [-0.2, 0) is 10.0 Å². The maximum absolute atomic E-state index is 12.9. The molecule has 32 heavy (non-hydrogen) atoms. The van der Waals surface area contributed by atoms with Gasteiger partial charge in [0.2, 0.25) is 0 Å².